The first-order valence-corrected chi connectivity index (χ1v) is 4.72. The van der Waals surface area contributed by atoms with Gasteiger partial charge >= 0.3 is 0 Å². The maximum absolute atomic E-state index is 3.97. The van der Waals surface area contributed by atoms with Gasteiger partial charge in [0.25, 0.3) is 0 Å². The number of unbranched alkanes of at least 4 members (excludes halogenated alkanes) is 1. The summed E-state index contributed by atoms with van der Waals surface area (Å²) in [6.45, 7) is 13.3. The Morgan fingerprint density at radius 1 is 1.38 bits per heavy atom. The predicted octanol–water partition coefficient (Wildman–Crippen LogP) is 3.89. The van der Waals surface area contributed by atoms with E-state index in [2.05, 4.69) is 37.9 Å². The molecule has 0 heterocycles. The van der Waals surface area contributed by atoms with Crippen LogP contribution < -0.4 is 0 Å². The number of nitrogens with zero attached hydrogens (tertiary/aromatic N) is 1. The first-order valence-electron chi connectivity index (χ1n) is 4.72. The predicted molar refractivity (Wildman–Crippen MR) is 61.1 cm³/mol. The van der Waals surface area contributed by atoms with Crippen LogP contribution in [-0.4, -0.2) is 6.72 Å². The molecule has 72 valence electrons. The summed E-state index contributed by atoms with van der Waals surface area (Å²) in [7, 11) is 0. The van der Waals surface area contributed by atoms with Gasteiger partial charge in [0.05, 0.1) is 5.70 Å². The molecule has 0 atom stereocenters. The van der Waals surface area contributed by atoms with Gasteiger partial charge in [-0.3, -0.25) is 4.99 Å². The van der Waals surface area contributed by atoms with Crippen LogP contribution >= 0.6 is 0 Å². The Morgan fingerprint density at radius 2 is 2.08 bits per heavy atom. The Labute approximate surface area is 81.6 Å². The highest BCUT2D eigenvalue weighted by molar-refractivity contribution is 5.37. The minimum Gasteiger partial charge on any atom is -0.265 e. The van der Waals surface area contributed by atoms with Gasteiger partial charge < -0.3 is 0 Å². The highest BCUT2D eigenvalue weighted by Crippen LogP contribution is 2.15. The van der Waals surface area contributed by atoms with Crippen molar-refractivity contribution in [3.63, 3.8) is 0 Å². The van der Waals surface area contributed by atoms with Gasteiger partial charge in [0.2, 0.25) is 0 Å². The van der Waals surface area contributed by atoms with Crippen LogP contribution in [0, 0.1) is 0 Å². The van der Waals surface area contributed by atoms with Crippen molar-refractivity contribution < 1.29 is 0 Å². The largest absolute Gasteiger partial charge is 0.265 e. The summed E-state index contributed by atoms with van der Waals surface area (Å²) in [5.41, 5.74) is 2.03. The van der Waals surface area contributed by atoms with Gasteiger partial charge in [-0.2, -0.15) is 0 Å². The third kappa shape index (κ3) is 5.18. The first-order chi connectivity index (χ1) is 6.26. The third-order valence-electron chi connectivity index (χ3n) is 1.79. The fourth-order valence-electron chi connectivity index (χ4n) is 1.09. The maximum Gasteiger partial charge on any atom is 0.0608 e. The molecule has 0 unspecified atom stereocenters. The lowest BCUT2D eigenvalue weighted by molar-refractivity contribution is 0.905. The van der Waals surface area contributed by atoms with Crippen molar-refractivity contribution in [2.75, 3.05) is 0 Å². The summed E-state index contributed by atoms with van der Waals surface area (Å²) in [6.07, 6.45) is 8.04. The molecular weight excluding hydrogens is 158 g/mol. The van der Waals surface area contributed by atoms with Crippen LogP contribution in [0.3, 0.4) is 0 Å². The summed E-state index contributed by atoms with van der Waals surface area (Å²) in [5, 5.41) is 0. The van der Waals surface area contributed by atoms with E-state index in [0.717, 1.165) is 37.0 Å². The van der Waals surface area contributed by atoms with Crippen molar-refractivity contribution in [3.05, 3.63) is 36.6 Å². The van der Waals surface area contributed by atoms with Crippen LogP contribution in [0.15, 0.2) is 41.6 Å². The second-order valence-corrected chi connectivity index (χ2v) is 2.97. The smallest absolute Gasteiger partial charge is 0.0608 e. The maximum atomic E-state index is 3.97. The van der Waals surface area contributed by atoms with Gasteiger partial charge in [0.1, 0.15) is 0 Å². The highest BCUT2D eigenvalue weighted by atomic mass is 14.7. The zero-order valence-electron chi connectivity index (χ0n) is 8.55. The molecule has 1 heteroatoms. The second-order valence-electron chi connectivity index (χ2n) is 2.97. The molecule has 0 radical (unpaired) electrons. The minimum absolute atomic E-state index is 0.948. The molecular formula is C12H19N. The SMILES string of the molecule is C=CCC/C=C(\N=C)C(=C)CCC. The van der Waals surface area contributed by atoms with Crippen LogP contribution in [0.1, 0.15) is 32.6 Å². The van der Waals surface area contributed by atoms with Gasteiger partial charge in [-0.1, -0.05) is 32.1 Å². The van der Waals surface area contributed by atoms with E-state index in [0.29, 0.717) is 0 Å². The fraction of sp³-hybridized carbons (Fsp3) is 0.417. The molecule has 0 saturated carbocycles. The van der Waals surface area contributed by atoms with Gasteiger partial charge in [0, 0.05) is 0 Å². The quantitative estimate of drug-likeness (QED) is 0.242. The summed E-state index contributed by atoms with van der Waals surface area (Å²) in [5.74, 6) is 0. The monoisotopic (exact) mass is 177 g/mol. The van der Waals surface area contributed by atoms with Crippen LogP contribution in [0.2, 0.25) is 0 Å². The molecule has 1 nitrogen and oxygen atoms in total. The van der Waals surface area contributed by atoms with E-state index in [1.165, 1.54) is 0 Å². The first kappa shape index (κ1) is 11.9. The minimum atomic E-state index is 0.948. The van der Waals surface area contributed by atoms with Gasteiger partial charge in [0.15, 0.2) is 0 Å². The van der Waals surface area contributed by atoms with E-state index >= 15 is 0 Å². The Hall–Kier alpha value is -1.11. The Kier molecular flexibility index (Phi) is 6.89. The van der Waals surface area contributed by atoms with E-state index < -0.39 is 0 Å². The molecule has 0 bridgehead atoms. The molecule has 0 aromatic rings. The molecule has 0 aliphatic heterocycles. The van der Waals surface area contributed by atoms with Crippen molar-refractivity contribution >= 4 is 6.72 Å². The zero-order chi connectivity index (χ0) is 10.1. The van der Waals surface area contributed by atoms with Crippen molar-refractivity contribution in [1.82, 2.24) is 0 Å². The molecule has 0 amide bonds. The van der Waals surface area contributed by atoms with Crippen LogP contribution in [0.4, 0.5) is 0 Å². The van der Waals surface area contributed by atoms with Gasteiger partial charge in [-0.05, 0) is 31.6 Å². The van der Waals surface area contributed by atoms with Crippen LogP contribution in [0.25, 0.3) is 0 Å². The summed E-state index contributed by atoms with van der Waals surface area (Å²) < 4.78 is 0. The number of rotatable bonds is 7. The zero-order valence-corrected chi connectivity index (χ0v) is 8.55. The molecule has 0 aliphatic rings. The Morgan fingerprint density at radius 3 is 2.54 bits per heavy atom. The number of hydrogen-bond acceptors (Lipinski definition) is 1. The molecule has 0 fully saturated rings. The molecule has 0 rings (SSSR count). The molecule has 0 aromatic heterocycles. The average molecular weight is 177 g/mol. The fourth-order valence-corrected chi connectivity index (χ4v) is 1.09. The van der Waals surface area contributed by atoms with E-state index in [9.17, 15) is 0 Å². The second kappa shape index (κ2) is 7.53. The lowest BCUT2D eigenvalue weighted by Crippen LogP contribution is -1.84. The lowest BCUT2D eigenvalue weighted by Gasteiger charge is -2.03. The molecule has 0 aromatic carbocycles. The number of allylic oxidation sites excluding steroid dienone is 3. The Balaban J connectivity index is 4.14. The summed E-state index contributed by atoms with van der Waals surface area (Å²) in [4.78, 5) is 3.96. The van der Waals surface area contributed by atoms with E-state index in [1.807, 2.05) is 6.08 Å². The van der Waals surface area contributed by atoms with Crippen molar-refractivity contribution in [2.24, 2.45) is 4.99 Å². The molecule has 13 heavy (non-hydrogen) atoms. The Bertz CT molecular complexity index is 211. The van der Waals surface area contributed by atoms with Gasteiger partial charge in [-0.25, -0.2) is 0 Å². The van der Waals surface area contributed by atoms with Crippen molar-refractivity contribution in [3.8, 4) is 0 Å². The molecule has 0 spiro atoms. The summed E-state index contributed by atoms with van der Waals surface area (Å²) in [6, 6.07) is 0. The van der Waals surface area contributed by atoms with E-state index in [-0.39, 0.29) is 0 Å². The molecule has 0 N–H and O–H groups in total. The van der Waals surface area contributed by atoms with Crippen LogP contribution in [-0.2, 0) is 0 Å². The number of aliphatic imine (C=N–C) groups is 1. The van der Waals surface area contributed by atoms with Crippen molar-refractivity contribution in [1.29, 1.82) is 0 Å². The van der Waals surface area contributed by atoms with Crippen molar-refractivity contribution in [2.45, 2.75) is 32.6 Å². The van der Waals surface area contributed by atoms with Gasteiger partial charge in [-0.15, -0.1) is 6.58 Å². The number of hydrogen-bond donors (Lipinski definition) is 0. The van der Waals surface area contributed by atoms with Crippen LogP contribution in [0.5, 0.6) is 0 Å². The average Bonchev–Trinajstić information content (AvgIpc) is 2.13. The third-order valence-corrected chi connectivity index (χ3v) is 1.79. The molecule has 0 aliphatic carbocycles. The standard InChI is InChI=1S/C12H19N/c1-5-7-8-10-12(13-4)11(3)9-6-2/h5,10H,1,3-4,6-9H2,2H3/b12-10-. The topological polar surface area (TPSA) is 12.4 Å². The normalized spacial score (nSPS) is 11.0. The lowest BCUT2D eigenvalue weighted by atomic mass is 10.1. The highest BCUT2D eigenvalue weighted by Gasteiger charge is 1.97. The summed E-state index contributed by atoms with van der Waals surface area (Å²) >= 11 is 0. The van der Waals surface area contributed by atoms with E-state index in [4.69, 9.17) is 0 Å². The molecule has 0 saturated heterocycles. The van der Waals surface area contributed by atoms with E-state index in [1.54, 1.807) is 0 Å².